The second-order valence-electron chi connectivity index (χ2n) is 8.34. The summed E-state index contributed by atoms with van der Waals surface area (Å²) in [5.41, 5.74) is 5.33. The molecule has 2 saturated heterocycles. The molecule has 2 aromatic rings. The van der Waals surface area contributed by atoms with Gasteiger partial charge >= 0.3 is 0 Å². The van der Waals surface area contributed by atoms with Gasteiger partial charge in [-0.2, -0.15) is 20.1 Å². The van der Waals surface area contributed by atoms with E-state index in [1.807, 2.05) is 0 Å². The number of nitrogens with one attached hydrogen (secondary N) is 1. The molecule has 1 aromatic heterocycles. The summed E-state index contributed by atoms with van der Waals surface area (Å²) in [6.45, 7) is 6.12. The van der Waals surface area contributed by atoms with E-state index in [0.29, 0.717) is 5.95 Å². The minimum Gasteiger partial charge on any atom is -0.341 e. The summed E-state index contributed by atoms with van der Waals surface area (Å²) in [6.07, 6.45) is 11.7. The molecule has 2 aliphatic heterocycles. The van der Waals surface area contributed by atoms with Crippen LogP contribution in [0, 0.1) is 6.92 Å². The molecule has 0 spiro atoms. The SMILES string of the molecule is Cc1ccc(C=NNc2nc(N3CCCCCC3)nc(N3CCCCCC3)n2)cc1. The van der Waals surface area contributed by atoms with Gasteiger partial charge in [0.05, 0.1) is 6.21 Å². The van der Waals surface area contributed by atoms with E-state index < -0.39 is 0 Å². The van der Waals surface area contributed by atoms with Crippen molar-refractivity contribution in [3.05, 3.63) is 35.4 Å². The van der Waals surface area contributed by atoms with Crippen LogP contribution in [0.1, 0.15) is 62.5 Å². The van der Waals surface area contributed by atoms with Gasteiger partial charge in [0.2, 0.25) is 17.8 Å². The minimum atomic E-state index is 0.520. The first-order chi connectivity index (χ1) is 14.8. The Morgan fingerprint density at radius 1 is 0.733 bits per heavy atom. The van der Waals surface area contributed by atoms with Crippen molar-refractivity contribution in [2.75, 3.05) is 41.4 Å². The molecule has 0 saturated carbocycles. The molecule has 7 heteroatoms. The Labute approximate surface area is 179 Å². The summed E-state index contributed by atoms with van der Waals surface area (Å²) in [7, 11) is 0. The summed E-state index contributed by atoms with van der Waals surface area (Å²) in [5, 5.41) is 4.39. The predicted octanol–water partition coefficient (Wildman–Crippen LogP) is 4.39. The first-order valence-electron chi connectivity index (χ1n) is 11.4. The molecule has 0 unspecified atom stereocenters. The average molecular weight is 408 g/mol. The van der Waals surface area contributed by atoms with Crippen LogP contribution in [-0.4, -0.2) is 47.3 Å². The Kier molecular flexibility index (Phi) is 7.11. The van der Waals surface area contributed by atoms with Crippen molar-refractivity contribution < 1.29 is 0 Å². The third-order valence-electron chi connectivity index (χ3n) is 5.85. The van der Waals surface area contributed by atoms with Gasteiger partial charge in [0.15, 0.2) is 0 Å². The smallest absolute Gasteiger partial charge is 0.250 e. The summed E-state index contributed by atoms with van der Waals surface area (Å²) < 4.78 is 0. The Balaban J connectivity index is 1.56. The number of hydrogen-bond donors (Lipinski definition) is 1. The monoisotopic (exact) mass is 407 g/mol. The number of anilines is 3. The van der Waals surface area contributed by atoms with Gasteiger partial charge in [-0.3, -0.25) is 0 Å². The second kappa shape index (κ2) is 10.4. The van der Waals surface area contributed by atoms with Crippen molar-refractivity contribution in [2.24, 2.45) is 5.10 Å². The molecule has 0 amide bonds. The van der Waals surface area contributed by atoms with E-state index in [1.165, 1.54) is 56.9 Å². The topological polar surface area (TPSA) is 69.5 Å². The zero-order chi connectivity index (χ0) is 20.6. The molecule has 2 fully saturated rings. The van der Waals surface area contributed by atoms with E-state index in [0.717, 1.165) is 43.6 Å². The number of nitrogens with zero attached hydrogens (tertiary/aromatic N) is 6. The van der Waals surface area contributed by atoms with E-state index in [2.05, 4.69) is 51.5 Å². The predicted molar refractivity (Wildman–Crippen MR) is 124 cm³/mol. The molecule has 7 nitrogen and oxygen atoms in total. The standard InChI is InChI=1S/C23H33N7/c1-19-10-12-20(13-11-19)18-24-28-21-25-22(29-14-6-2-3-7-15-29)27-23(26-21)30-16-8-4-5-9-17-30/h10-13,18H,2-9,14-17H2,1H3,(H,25,26,27,28). The van der Waals surface area contributed by atoms with Crippen LogP contribution in [0.15, 0.2) is 29.4 Å². The molecule has 2 aliphatic rings. The quantitative estimate of drug-likeness (QED) is 0.586. The molecule has 160 valence electrons. The molecule has 30 heavy (non-hydrogen) atoms. The van der Waals surface area contributed by atoms with Crippen molar-refractivity contribution in [3.63, 3.8) is 0 Å². The molecular formula is C23H33N7. The Hall–Kier alpha value is -2.70. The van der Waals surface area contributed by atoms with Gasteiger partial charge in [-0.25, -0.2) is 5.43 Å². The van der Waals surface area contributed by atoms with E-state index >= 15 is 0 Å². The third kappa shape index (κ3) is 5.68. The molecule has 0 radical (unpaired) electrons. The maximum atomic E-state index is 4.88. The highest BCUT2D eigenvalue weighted by Crippen LogP contribution is 2.22. The number of benzene rings is 1. The van der Waals surface area contributed by atoms with Gasteiger partial charge < -0.3 is 9.80 Å². The second-order valence-corrected chi connectivity index (χ2v) is 8.34. The van der Waals surface area contributed by atoms with E-state index in [-0.39, 0.29) is 0 Å². The number of aryl methyl sites for hydroxylation is 1. The fourth-order valence-electron chi connectivity index (χ4n) is 4.05. The number of hydrazone groups is 1. The maximum Gasteiger partial charge on any atom is 0.250 e. The van der Waals surface area contributed by atoms with Crippen LogP contribution in [-0.2, 0) is 0 Å². The van der Waals surface area contributed by atoms with Crippen LogP contribution in [0.3, 0.4) is 0 Å². The molecule has 1 N–H and O–H groups in total. The largest absolute Gasteiger partial charge is 0.341 e. The summed E-state index contributed by atoms with van der Waals surface area (Å²) >= 11 is 0. The zero-order valence-corrected chi connectivity index (χ0v) is 18.1. The summed E-state index contributed by atoms with van der Waals surface area (Å²) in [6, 6.07) is 8.27. The highest BCUT2D eigenvalue weighted by atomic mass is 15.4. The van der Waals surface area contributed by atoms with E-state index in [4.69, 9.17) is 15.0 Å². The van der Waals surface area contributed by atoms with Gasteiger partial charge in [0.25, 0.3) is 0 Å². The van der Waals surface area contributed by atoms with Crippen LogP contribution in [0.4, 0.5) is 17.8 Å². The van der Waals surface area contributed by atoms with Gasteiger partial charge in [0.1, 0.15) is 0 Å². The van der Waals surface area contributed by atoms with Crippen molar-refractivity contribution in [3.8, 4) is 0 Å². The number of rotatable bonds is 5. The van der Waals surface area contributed by atoms with Gasteiger partial charge in [0, 0.05) is 26.2 Å². The normalized spacial score (nSPS) is 18.3. The van der Waals surface area contributed by atoms with E-state index in [9.17, 15) is 0 Å². The highest BCUT2D eigenvalue weighted by molar-refractivity contribution is 5.80. The fourth-order valence-corrected chi connectivity index (χ4v) is 4.05. The van der Waals surface area contributed by atoms with Gasteiger partial charge in [-0.05, 0) is 38.2 Å². The lowest BCUT2D eigenvalue weighted by Gasteiger charge is -2.24. The molecule has 0 atom stereocenters. The van der Waals surface area contributed by atoms with Gasteiger partial charge in [-0.15, -0.1) is 0 Å². The van der Waals surface area contributed by atoms with Crippen LogP contribution in [0.25, 0.3) is 0 Å². The van der Waals surface area contributed by atoms with Crippen molar-refractivity contribution in [1.29, 1.82) is 0 Å². The van der Waals surface area contributed by atoms with Crippen LogP contribution in [0.2, 0.25) is 0 Å². The first-order valence-corrected chi connectivity index (χ1v) is 11.4. The molecule has 0 bridgehead atoms. The lowest BCUT2D eigenvalue weighted by atomic mass is 10.2. The van der Waals surface area contributed by atoms with Crippen molar-refractivity contribution in [1.82, 2.24) is 15.0 Å². The maximum absolute atomic E-state index is 4.88. The number of aromatic nitrogens is 3. The Bertz CT molecular complexity index is 780. The molecule has 0 aliphatic carbocycles. The van der Waals surface area contributed by atoms with Crippen LogP contribution in [0.5, 0.6) is 0 Å². The van der Waals surface area contributed by atoms with E-state index in [1.54, 1.807) is 6.21 Å². The molecular weight excluding hydrogens is 374 g/mol. The van der Waals surface area contributed by atoms with Crippen LogP contribution >= 0.6 is 0 Å². The minimum absolute atomic E-state index is 0.520. The lowest BCUT2D eigenvalue weighted by Crippen LogP contribution is -2.30. The summed E-state index contributed by atoms with van der Waals surface area (Å²) in [4.78, 5) is 18.9. The molecule has 1 aromatic carbocycles. The number of hydrogen-bond acceptors (Lipinski definition) is 7. The van der Waals surface area contributed by atoms with Crippen molar-refractivity contribution >= 4 is 24.1 Å². The molecule has 3 heterocycles. The fraction of sp³-hybridized carbons (Fsp3) is 0.565. The highest BCUT2D eigenvalue weighted by Gasteiger charge is 2.19. The third-order valence-corrected chi connectivity index (χ3v) is 5.85. The van der Waals surface area contributed by atoms with Crippen LogP contribution < -0.4 is 15.2 Å². The molecule has 4 rings (SSSR count). The Morgan fingerprint density at radius 2 is 1.23 bits per heavy atom. The zero-order valence-electron chi connectivity index (χ0n) is 18.1. The van der Waals surface area contributed by atoms with Gasteiger partial charge in [-0.1, -0.05) is 55.5 Å². The van der Waals surface area contributed by atoms with Crippen molar-refractivity contribution in [2.45, 2.75) is 58.3 Å². The Morgan fingerprint density at radius 3 is 1.73 bits per heavy atom. The summed E-state index contributed by atoms with van der Waals surface area (Å²) in [5.74, 6) is 2.07. The first kappa shape index (κ1) is 20.6. The average Bonchev–Trinajstić information content (AvgIpc) is 3.21. The lowest BCUT2D eigenvalue weighted by molar-refractivity contribution is 0.726.